The van der Waals surface area contributed by atoms with E-state index in [1.54, 1.807) is 0 Å². The van der Waals surface area contributed by atoms with E-state index in [-0.39, 0.29) is 30.3 Å². The van der Waals surface area contributed by atoms with E-state index in [0.717, 1.165) is 12.1 Å². The van der Waals surface area contributed by atoms with Gasteiger partial charge in [0.05, 0.1) is 18.8 Å². The average Bonchev–Trinajstić information content (AvgIpc) is 2.32. The van der Waals surface area contributed by atoms with Crippen LogP contribution < -0.4 is 5.32 Å². The second-order valence-electron chi connectivity index (χ2n) is 5.13. The van der Waals surface area contributed by atoms with Gasteiger partial charge in [-0.3, -0.25) is 9.69 Å². The lowest BCUT2D eigenvalue weighted by Crippen LogP contribution is -2.48. The number of hydrogen-bond acceptors (Lipinski definition) is 3. The van der Waals surface area contributed by atoms with E-state index in [4.69, 9.17) is 4.74 Å². The fraction of sp³-hybridized carbons (Fsp3) is 0.500. The molecule has 0 spiro atoms. The van der Waals surface area contributed by atoms with E-state index in [2.05, 4.69) is 5.32 Å². The van der Waals surface area contributed by atoms with Crippen LogP contribution in [0, 0.1) is 11.6 Å². The van der Waals surface area contributed by atoms with Gasteiger partial charge in [-0.1, -0.05) is 0 Å². The molecule has 2 atom stereocenters. The Balaban J connectivity index is 1.90. The molecule has 1 heterocycles. The first-order chi connectivity index (χ1) is 9.44. The first-order valence-electron chi connectivity index (χ1n) is 6.56. The number of halogens is 2. The van der Waals surface area contributed by atoms with Crippen molar-refractivity contribution in [1.29, 1.82) is 0 Å². The van der Waals surface area contributed by atoms with Crippen molar-refractivity contribution in [3.05, 3.63) is 29.8 Å². The van der Waals surface area contributed by atoms with Gasteiger partial charge in [0.1, 0.15) is 0 Å². The summed E-state index contributed by atoms with van der Waals surface area (Å²) in [5, 5.41) is 2.56. The molecule has 1 aromatic rings. The summed E-state index contributed by atoms with van der Waals surface area (Å²) >= 11 is 0. The third kappa shape index (κ3) is 3.98. The summed E-state index contributed by atoms with van der Waals surface area (Å²) in [6, 6.07) is 3.29. The lowest BCUT2D eigenvalue weighted by atomic mass is 10.2. The molecule has 1 aromatic carbocycles. The van der Waals surface area contributed by atoms with E-state index in [1.165, 1.54) is 6.07 Å². The van der Waals surface area contributed by atoms with Crippen LogP contribution in [0.4, 0.5) is 14.5 Å². The minimum Gasteiger partial charge on any atom is -0.373 e. The number of carbonyl (C=O) groups is 1. The summed E-state index contributed by atoms with van der Waals surface area (Å²) in [5.41, 5.74) is 0.253. The fourth-order valence-corrected chi connectivity index (χ4v) is 2.39. The van der Waals surface area contributed by atoms with Crippen molar-refractivity contribution < 1.29 is 18.3 Å². The zero-order valence-electron chi connectivity index (χ0n) is 11.5. The topological polar surface area (TPSA) is 41.6 Å². The SMILES string of the molecule is C[C@@H]1CN(CC(=O)Nc2ccc(F)c(F)c2)C[C@H](C)O1. The maximum atomic E-state index is 13.0. The van der Waals surface area contributed by atoms with Gasteiger partial charge in [-0.15, -0.1) is 0 Å². The van der Waals surface area contributed by atoms with E-state index in [0.29, 0.717) is 13.1 Å². The lowest BCUT2D eigenvalue weighted by Gasteiger charge is -2.34. The molecular formula is C14H18F2N2O2. The van der Waals surface area contributed by atoms with Gasteiger partial charge in [-0.25, -0.2) is 8.78 Å². The van der Waals surface area contributed by atoms with Crippen LogP contribution >= 0.6 is 0 Å². The summed E-state index contributed by atoms with van der Waals surface area (Å²) in [6.07, 6.45) is 0.157. The molecule has 0 aromatic heterocycles. The van der Waals surface area contributed by atoms with Gasteiger partial charge in [0, 0.05) is 24.8 Å². The van der Waals surface area contributed by atoms with Crippen LogP contribution in [0.15, 0.2) is 18.2 Å². The highest BCUT2D eigenvalue weighted by Gasteiger charge is 2.23. The molecule has 20 heavy (non-hydrogen) atoms. The number of nitrogens with zero attached hydrogens (tertiary/aromatic N) is 1. The van der Waals surface area contributed by atoms with Crippen LogP contribution in [-0.2, 0) is 9.53 Å². The van der Waals surface area contributed by atoms with Crippen molar-refractivity contribution in [3.8, 4) is 0 Å². The van der Waals surface area contributed by atoms with Crippen LogP contribution in [0.5, 0.6) is 0 Å². The van der Waals surface area contributed by atoms with Crippen molar-refractivity contribution in [3.63, 3.8) is 0 Å². The minimum atomic E-state index is -0.976. The third-order valence-corrected chi connectivity index (χ3v) is 3.07. The number of nitrogens with one attached hydrogen (secondary N) is 1. The van der Waals surface area contributed by atoms with Crippen molar-refractivity contribution in [2.75, 3.05) is 25.0 Å². The summed E-state index contributed by atoms with van der Waals surface area (Å²) in [7, 11) is 0. The van der Waals surface area contributed by atoms with E-state index >= 15 is 0 Å². The van der Waals surface area contributed by atoms with E-state index < -0.39 is 11.6 Å². The second-order valence-corrected chi connectivity index (χ2v) is 5.13. The Hall–Kier alpha value is -1.53. The molecule has 0 bridgehead atoms. The van der Waals surface area contributed by atoms with E-state index in [1.807, 2.05) is 18.7 Å². The Morgan fingerprint density at radius 2 is 1.95 bits per heavy atom. The van der Waals surface area contributed by atoms with Crippen molar-refractivity contribution in [1.82, 2.24) is 4.90 Å². The Kier molecular flexibility index (Phi) is 4.67. The number of rotatable bonds is 3. The van der Waals surface area contributed by atoms with Gasteiger partial charge in [0.25, 0.3) is 0 Å². The highest BCUT2D eigenvalue weighted by atomic mass is 19.2. The number of hydrogen-bond donors (Lipinski definition) is 1. The molecule has 2 rings (SSSR count). The van der Waals surface area contributed by atoms with Gasteiger partial charge in [-0.05, 0) is 26.0 Å². The molecule has 1 N–H and O–H groups in total. The largest absolute Gasteiger partial charge is 0.373 e. The predicted octanol–water partition coefficient (Wildman–Crippen LogP) is 2.01. The molecule has 1 amide bonds. The molecule has 1 aliphatic heterocycles. The lowest BCUT2D eigenvalue weighted by molar-refractivity contribution is -0.121. The highest BCUT2D eigenvalue weighted by Crippen LogP contribution is 2.14. The minimum absolute atomic E-state index is 0.0785. The maximum Gasteiger partial charge on any atom is 0.238 e. The molecule has 0 unspecified atom stereocenters. The standard InChI is InChI=1S/C14H18F2N2O2/c1-9-6-18(7-10(2)20-9)8-14(19)17-11-3-4-12(15)13(16)5-11/h3-5,9-10H,6-8H2,1-2H3,(H,17,19)/t9-,10+. The Bertz CT molecular complexity index is 486. The number of morpholine rings is 1. The number of ether oxygens (including phenoxy) is 1. The molecule has 110 valence electrons. The molecule has 1 fully saturated rings. The third-order valence-electron chi connectivity index (χ3n) is 3.07. The smallest absolute Gasteiger partial charge is 0.238 e. The van der Waals surface area contributed by atoms with Crippen molar-refractivity contribution in [2.24, 2.45) is 0 Å². The van der Waals surface area contributed by atoms with Crippen LogP contribution in [0.25, 0.3) is 0 Å². The molecule has 1 saturated heterocycles. The number of carbonyl (C=O) groups excluding carboxylic acids is 1. The summed E-state index contributed by atoms with van der Waals surface area (Å²) < 4.78 is 31.4. The highest BCUT2D eigenvalue weighted by molar-refractivity contribution is 5.92. The molecule has 0 saturated carbocycles. The molecule has 4 nitrogen and oxygen atoms in total. The monoisotopic (exact) mass is 284 g/mol. The zero-order valence-corrected chi connectivity index (χ0v) is 11.5. The second kappa shape index (κ2) is 6.28. The quantitative estimate of drug-likeness (QED) is 0.923. The molecule has 0 radical (unpaired) electrons. The van der Waals surface area contributed by atoms with Gasteiger partial charge < -0.3 is 10.1 Å². The molecule has 0 aliphatic carbocycles. The summed E-state index contributed by atoms with van der Waals surface area (Å²) in [5.74, 6) is -2.16. The predicted molar refractivity (Wildman–Crippen MR) is 71.4 cm³/mol. The Morgan fingerprint density at radius 3 is 2.55 bits per heavy atom. The van der Waals surface area contributed by atoms with Gasteiger partial charge in [0.2, 0.25) is 5.91 Å². The van der Waals surface area contributed by atoms with Crippen molar-refractivity contribution >= 4 is 11.6 Å². The van der Waals surface area contributed by atoms with Crippen LogP contribution in [0.2, 0.25) is 0 Å². The summed E-state index contributed by atoms with van der Waals surface area (Å²) in [6.45, 7) is 5.47. The maximum absolute atomic E-state index is 13.0. The van der Waals surface area contributed by atoms with Crippen LogP contribution in [0.1, 0.15) is 13.8 Å². The van der Waals surface area contributed by atoms with Crippen LogP contribution in [-0.4, -0.2) is 42.6 Å². The fourth-order valence-electron chi connectivity index (χ4n) is 2.39. The Morgan fingerprint density at radius 1 is 1.30 bits per heavy atom. The zero-order chi connectivity index (χ0) is 14.7. The van der Waals surface area contributed by atoms with Gasteiger partial charge >= 0.3 is 0 Å². The number of benzene rings is 1. The Labute approximate surface area is 116 Å². The van der Waals surface area contributed by atoms with Crippen molar-refractivity contribution in [2.45, 2.75) is 26.1 Å². The number of anilines is 1. The number of amides is 1. The molecule has 1 aliphatic rings. The normalized spacial score (nSPS) is 23.6. The average molecular weight is 284 g/mol. The van der Waals surface area contributed by atoms with Crippen LogP contribution in [0.3, 0.4) is 0 Å². The van der Waals surface area contributed by atoms with Gasteiger partial charge in [-0.2, -0.15) is 0 Å². The van der Waals surface area contributed by atoms with Gasteiger partial charge in [0.15, 0.2) is 11.6 Å². The summed E-state index contributed by atoms with van der Waals surface area (Å²) in [4.78, 5) is 13.9. The van der Waals surface area contributed by atoms with E-state index in [9.17, 15) is 13.6 Å². The first-order valence-corrected chi connectivity index (χ1v) is 6.56. The molecular weight excluding hydrogens is 266 g/mol. The first kappa shape index (κ1) is 14.9. The molecule has 6 heteroatoms.